The molecule has 2 aromatic rings. The van der Waals surface area contributed by atoms with E-state index in [1.54, 1.807) is 13.0 Å². The third-order valence-corrected chi connectivity index (χ3v) is 6.75. The number of aliphatic carboxylic acids is 1. The number of rotatable bonds is 8. The van der Waals surface area contributed by atoms with Crippen molar-refractivity contribution >= 4 is 11.8 Å². The van der Waals surface area contributed by atoms with Gasteiger partial charge in [0.05, 0.1) is 12.5 Å². The number of benzene rings is 1. The number of halogens is 3. The number of carbonyl (C=O) groups is 1. The van der Waals surface area contributed by atoms with Gasteiger partial charge in [-0.3, -0.25) is 4.79 Å². The van der Waals surface area contributed by atoms with Crippen molar-refractivity contribution in [2.45, 2.75) is 44.7 Å². The second kappa shape index (κ2) is 9.61. The van der Waals surface area contributed by atoms with Crippen LogP contribution in [0.2, 0.25) is 0 Å². The first kappa shape index (κ1) is 23.4. The van der Waals surface area contributed by atoms with Crippen molar-refractivity contribution in [2.24, 2.45) is 17.8 Å². The number of anilines is 1. The van der Waals surface area contributed by atoms with Crippen LogP contribution in [-0.2, 0) is 11.0 Å². The Kier molecular flexibility index (Phi) is 6.81. The van der Waals surface area contributed by atoms with E-state index in [1.165, 1.54) is 6.07 Å². The molecular formula is C25H29F3N2O3. The molecule has 0 radical (unpaired) electrons. The van der Waals surface area contributed by atoms with Crippen molar-refractivity contribution in [2.75, 3.05) is 24.6 Å². The number of hydrogen-bond acceptors (Lipinski definition) is 4. The van der Waals surface area contributed by atoms with Crippen molar-refractivity contribution in [1.82, 2.24) is 4.98 Å². The third kappa shape index (κ3) is 5.78. The molecule has 1 saturated carbocycles. The Morgan fingerprint density at radius 1 is 1.15 bits per heavy atom. The standard InChI is InChI=1S/C25H29F3N2O3/c1-16(24(31)32)23(18-8-9-18)19-4-2-5-20(14-19)33-15-17-10-12-30(13-11-17)22-7-3-6-21(29-22)25(26,27)28/h2-7,14,16-18,23H,8-13,15H2,1H3,(H,31,32)/t16-,23-/m0/s1. The highest BCUT2D eigenvalue weighted by atomic mass is 19.4. The lowest BCUT2D eigenvalue weighted by molar-refractivity contribution is -0.142. The first-order chi connectivity index (χ1) is 15.7. The fraction of sp³-hybridized carbons (Fsp3) is 0.520. The fourth-order valence-electron chi connectivity index (χ4n) is 4.69. The molecule has 2 fully saturated rings. The Bertz CT molecular complexity index is 969. The van der Waals surface area contributed by atoms with Gasteiger partial charge in [-0.1, -0.05) is 25.1 Å². The monoisotopic (exact) mass is 462 g/mol. The number of hydrogen-bond donors (Lipinski definition) is 1. The van der Waals surface area contributed by atoms with E-state index in [0.29, 0.717) is 37.4 Å². The van der Waals surface area contributed by atoms with Gasteiger partial charge in [0.1, 0.15) is 17.3 Å². The fourth-order valence-corrected chi connectivity index (χ4v) is 4.69. The van der Waals surface area contributed by atoms with E-state index in [2.05, 4.69) is 4.98 Å². The maximum Gasteiger partial charge on any atom is 0.433 e. The van der Waals surface area contributed by atoms with Gasteiger partial charge in [-0.15, -0.1) is 0 Å². The molecule has 8 heteroatoms. The quantitative estimate of drug-likeness (QED) is 0.553. The maximum absolute atomic E-state index is 12.9. The molecule has 2 atom stereocenters. The zero-order chi connectivity index (χ0) is 23.6. The summed E-state index contributed by atoms with van der Waals surface area (Å²) < 4.78 is 44.9. The Morgan fingerprint density at radius 3 is 2.48 bits per heavy atom. The molecule has 1 aliphatic heterocycles. The third-order valence-electron chi connectivity index (χ3n) is 6.75. The number of carboxylic acid groups (broad SMARTS) is 1. The molecule has 1 aliphatic carbocycles. The van der Waals surface area contributed by atoms with Crippen LogP contribution in [0.25, 0.3) is 0 Å². The summed E-state index contributed by atoms with van der Waals surface area (Å²) in [7, 11) is 0. The lowest BCUT2D eigenvalue weighted by atomic mass is 9.83. The van der Waals surface area contributed by atoms with Gasteiger partial charge in [0.2, 0.25) is 0 Å². The zero-order valence-corrected chi connectivity index (χ0v) is 18.6. The Balaban J connectivity index is 1.32. The molecule has 0 bridgehead atoms. The molecule has 1 aromatic heterocycles. The number of piperidine rings is 1. The molecule has 2 aliphatic rings. The second-order valence-electron chi connectivity index (χ2n) is 9.18. The van der Waals surface area contributed by atoms with Crippen LogP contribution in [0.4, 0.5) is 19.0 Å². The van der Waals surface area contributed by atoms with Crippen LogP contribution in [0.5, 0.6) is 5.75 Å². The molecule has 0 amide bonds. The van der Waals surface area contributed by atoms with E-state index in [-0.39, 0.29) is 5.92 Å². The van der Waals surface area contributed by atoms with Crippen LogP contribution < -0.4 is 9.64 Å². The van der Waals surface area contributed by atoms with Gasteiger partial charge in [-0.2, -0.15) is 13.2 Å². The topological polar surface area (TPSA) is 62.7 Å². The minimum absolute atomic E-state index is 0.00532. The van der Waals surface area contributed by atoms with Gasteiger partial charge in [0.15, 0.2) is 0 Å². The van der Waals surface area contributed by atoms with Gasteiger partial charge in [0.25, 0.3) is 0 Å². The van der Waals surface area contributed by atoms with Crippen LogP contribution in [-0.4, -0.2) is 35.8 Å². The van der Waals surface area contributed by atoms with E-state index in [4.69, 9.17) is 4.74 Å². The first-order valence-corrected chi connectivity index (χ1v) is 11.5. The van der Waals surface area contributed by atoms with Crippen LogP contribution in [0, 0.1) is 17.8 Å². The summed E-state index contributed by atoms with van der Waals surface area (Å²) in [6, 6.07) is 11.7. The van der Waals surface area contributed by atoms with E-state index >= 15 is 0 Å². The van der Waals surface area contributed by atoms with Crippen molar-refractivity contribution < 1.29 is 27.8 Å². The van der Waals surface area contributed by atoms with Gasteiger partial charge in [0, 0.05) is 13.1 Å². The van der Waals surface area contributed by atoms with E-state index in [1.807, 2.05) is 29.2 Å². The zero-order valence-electron chi connectivity index (χ0n) is 18.6. The second-order valence-corrected chi connectivity index (χ2v) is 9.18. The number of aromatic nitrogens is 1. The molecule has 178 valence electrons. The summed E-state index contributed by atoms with van der Waals surface area (Å²) in [6.45, 7) is 3.55. The Labute approximate surface area is 191 Å². The summed E-state index contributed by atoms with van der Waals surface area (Å²) in [5, 5.41) is 9.50. The summed E-state index contributed by atoms with van der Waals surface area (Å²) in [5.74, 6) is 0.581. The van der Waals surface area contributed by atoms with Gasteiger partial charge >= 0.3 is 12.1 Å². The molecule has 33 heavy (non-hydrogen) atoms. The van der Waals surface area contributed by atoms with Crippen LogP contribution in [0.1, 0.15) is 49.8 Å². The van der Waals surface area contributed by atoms with Crippen molar-refractivity contribution in [3.05, 3.63) is 53.7 Å². The number of pyridine rings is 1. The average Bonchev–Trinajstić information content (AvgIpc) is 3.63. The van der Waals surface area contributed by atoms with Gasteiger partial charge < -0.3 is 14.7 Å². The molecular weight excluding hydrogens is 433 g/mol. The summed E-state index contributed by atoms with van der Waals surface area (Å²) >= 11 is 0. The molecule has 0 unspecified atom stereocenters. The first-order valence-electron chi connectivity index (χ1n) is 11.5. The van der Waals surface area contributed by atoms with E-state index in [0.717, 1.165) is 43.1 Å². The van der Waals surface area contributed by atoms with Crippen LogP contribution >= 0.6 is 0 Å². The predicted molar refractivity (Wildman–Crippen MR) is 118 cm³/mol. The van der Waals surface area contributed by atoms with Crippen molar-refractivity contribution in [1.29, 1.82) is 0 Å². The molecule has 0 spiro atoms. The smallest absolute Gasteiger partial charge is 0.433 e. The van der Waals surface area contributed by atoms with Crippen molar-refractivity contribution in [3.8, 4) is 5.75 Å². The molecule has 1 aromatic carbocycles. The Hall–Kier alpha value is -2.77. The minimum Gasteiger partial charge on any atom is -0.493 e. The van der Waals surface area contributed by atoms with Crippen LogP contribution in [0.3, 0.4) is 0 Å². The average molecular weight is 463 g/mol. The summed E-state index contributed by atoms with van der Waals surface area (Å²) in [4.78, 5) is 17.2. The highest BCUT2D eigenvalue weighted by Crippen LogP contribution is 2.47. The summed E-state index contributed by atoms with van der Waals surface area (Å²) in [6.07, 6.45) is -0.715. The maximum atomic E-state index is 12.9. The highest BCUT2D eigenvalue weighted by molar-refractivity contribution is 5.71. The van der Waals surface area contributed by atoms with Crippen molar-refractivity contribution in [3.63, 3.8) is 0 Å². The predicted octanol–water partition coefficient (Wildman–Crippen LogP) is 5.61. The van der Waals surface area contributed by atoms with E-state index < -0.39 is 23.8 Å². The van der Waals surface area contributed by atoms with Crippen LogP contribution in [0.15, 0.2) is 42.5 Å². The highest BCUT2D eigenvalue weighted by Gasteiger charge is 2.38. The number of nitrogens with zero attached hydrogens (tertiary/aromatic N) is 2. The molecule has 5 nitrogen and oxygen atoms in total. The lowest BCUT2D eigenvalue weighted by Crippen LogP contribution is -2.36. The molecule has 4 rings (SSSR count). The number of alkyl halides is 3. The minimum atomic E-state index is -4.45. The lowest BCUT2D eigenvalue weighted by Gasteiger charge is -2.33. The normalized spacial score (nSPS) is 19.2. The number of ether oxygens (including phenoxy) is 1. The largest absolute Gasteiger partial charge is 0.493 e. The Morgan fingerprint density at radius 2 is 1.85 bits per heavy atom. The van der Waals surface area contributed by atoms with Gasteiger partial charge in [-0.05, 0) is 73.3 Å². The van der Waals surface area contributed by atoms with Gasteiger partial charge in [-0.25, -0.2) is 4.98 Å². The summed E-state index contributed by atoms with van der Waals surface area (Å²) in [5.41, 5.74) is 0.141. The molecule has 1 saturated heterocycles. The van der Waals surface area contributed by atoms with E-state index in [9.17, 15) is 23.1 Å². The number of carboxylic acids is 1. The molecule has 1 N–H and O–H groups in total. The SMILES string of the molecule is C[C@H](C(=O)O)[C@H](c1cccc(OCC2CCN(c3cccc(C(F)(F)F)n3)CC2)c1)C1CC1. The molecule has 2 heterocycles.